The minimum atomic E-state index is -0.0355. The lowest BCUT2D eigenvalue weighted by atomic mass is 10.1. The summed E-state index contributed by atoms with van der Waals surface area (Å²) in [7, 11) is 0. The summed E-state index contributed by atoms with van der Waals surface area (Å²) in [5, 5.41) is 0. The number of pyridine rings is 1. The Morgan fingerprint density at radius 2 is 1.53 bits per heavy atom. The Kier molecular flexibility index (Phi) is 6.04. The largest absolute Gasteiger partial charge is 0.368 e. The van der Waals surface area contributed by atoms with Crippen LogP contribution in [0.4, 0.5) is 5.69 Å². The first-order valence-electron chi connectivity index (χ1n) is 11.5. The Bertz CT molecular complexity index is 1300. The van der Waals surface area contributed by atoms with Crippen LogP contribution >= 0.6 is 0 Å². The molecule has 0 spiro atoms. The highest BCUT2D eigenvalue weighted by Crippen LogP contribution is 2.27. The van der Waals surface area contributed by atoms with Crippen LogP contribution in [0.2, 0.25) is 0 Å². The number of carbonyl (C=O) groups excluding carboxylic acids is 1. The molecule has 4 aromatic rings. The molecule has 170 valence electrons. The third-order valence-electron chi connectivity index (χ3n) is 6.31. The zero-order valence-electron chi connectivity index (χ0n) is 19.5. The Morgan fingerprint density at radius 3 is 2.24 bits per heavy atom. The van der Waals surface area contributed by atoms with Crippen LogP contribution in [-0.2, 0) is 0 Å². The number of rotatable bonds is 4. The van der Waals surface area contributed by atoms with Crippen LogP contribution in [0.15, 0.2) is 79.3 Å². The molecule has 34 heavy (non-hydrogen) atoms. The number of aryl methyl sites for hydroxylation is 2. The quantitative estimate of drug-likeness (QED) is 0.449. The Labute approximate surface area is 199 Å². The summed E-state index contributed by atoms with van der Waals surface area (Å²) in [6.07, 6.45) is 5.12. The molecule has 1 saturated heterocycles. The first kappa shape index (κ1) is 21.8. The van der Waals surface area contributed by atoms with E-state index in [1.807, 2.05) is 48.2 Å². The molecule has 0 bridgehead atoms. The number of benzene rings is 2. The fraction of sp³-hybridized carbons (Fsp3) is 0.214. The zero-order valence-corrected chi connectivity index (χ0v) is 19.5. The number of aromatic nitrogens is 3. The molecule has 1 fully saturated rings. The summed E-state index contributed by atoms with van der Waals surface area (Å²) in [4.78, 5) is 31.4. The van der Waals surface area contributed by atoms with E-state index in [0.29, 0.717) is 30.2 Å². The Balaban J connectivity index is 1.43. The highest BCUT2D eigenvalue weighted by molar-refractivity contribution is 6.00. The molecular weight excluding hydrogens is 422 g/mol. The van der Waals surface area contributed by atoms with Gasteiger partial charge >= 0.3 is 0 Å². The number of amides is 1. The number of hydrogen-bond acceptors (Lipinski definition) is 5. The van der Waals surface area contributed by atoms with Crippen molar-refractivity contribution in [3.05, 3.63) is 95.9 Å². The number of hydrogen-bond donors (Lipinski definition) is 0. The van der Waals surface area contributed by atoms with Crippen LogP contribution in [0, 0.1) is 13.8 Å². The van der Waals surface area contributed by atoms with Crippen molar-refractivity contribution in [1.82, 2.24) is 19.9 Å². The highest BCUT2D eigenvalue weighted by Gasteiger charge is 2.26. The summed E-state index contributed by atoms with van der Waals surface area (Å²) in [6.45, 7) is 7.08. The third-order valence-corrected chi connectivity index (χ3v) is 6.31. The number of anilines is 1. The SMILES string of the molecule is Cc1ccc(-c2ncc(C(=O)N3CCN(c4ccccc4C)CC3)c(-c3ccncc3)n2)cc1. The topological polar surface area (TPSA) is 62.2 Å². The maximum absolute atomic E-state index is 13.6. The molecule has 1 amide bonds. The average Bonchev–Trinajstić information content (AvgIpc) is 2.89. The van der Waals surface area contributed by atoms with Crippen LogP contribution < -0.4 is 4.90 Å². The molecular formula is C28H27N5O. The lowest BCUT2D eigenvalue weighted by Crippen LogP contribution is -2.49. The molecule has 0 radical (unpaired) electrons. The van der Waals surface area contributed by atoms with Gasteiger partial charge in [-0.1, -0.05) is 48.0 Å². The number of para-hydroxylation sites is 1. The lowest BCUT2D eigenvalue weighted by molar-refractivity contribution is 0.0747. The van der Waals surface area contributed by atoms with E-state index in [0.717, 1.165) is 24.2 Å². The van der Waals surface area contributed by atoms with Crippen LogP contribution in [0.1, 0.15) is 21.5 Å². The molecule has 2 aromatic carbocycles. The lowest BCUT2D eigenvalue weighted by Gasteiger charge is -2.37. The van der Waals surface area contributed by atoms with Crippen molar-refractivity contribution in [2.45, 2.75) is 13.8 Å². The Hall–Kier alpha value is -4.06. The van der Waals surface area contributed by atoms with E-state index in [1.54, 1.807) is 18.6 Å². The van der Waals surface area contributed by atoms with Gasteiger partial charge in [0.1, 0.15) is 0 Å². The van der Waals surface area contributed by atoms with E-state index in [4.69, 9.17) is 4.98 Å². The van der Waals surface area contributed by atoms with Crippen molar-refractivity contribution in [2.75, 3.05) is 31.1 Å². The fourth-order valence-corrected chi connectivity index (χ4v) is 4.35. The third kappa shape index (κ3) is 4.39. The molecule has 0 N–H and O–H groups in total. The highest BCUT2D eigenvalue weighted by atomic mass is 16.2. The van der Waals surface area contributed by atoms with Gasteiger partial charge in [0.2, 0.25) is 0 Å². The van der Waals surface area contributed by atoms with Crippen LogP contribution in [0.5, 0.6) is 0 Å². The van der Waals surface area contributed by atoms with Gasteiger partial charge in [-0.05, 0) is 37.6 Å². The van der Waals surface area contributed by atoms with Crippen LogP contribution in [0.25, 0.3) is 22.6 Å². The molecule has 1 aliphatic rings. The van der Waals surface area contributed by atoms with Gasteiger partial charge in [-0.2, -0.15) is 0 Å². The van der Waals surface area contributed by atoms with Crippen LogP contribution in [-0.4, -0.2) is 51.9 Å². The molecule has 0 unspecified atom stereocenters. The molecule has 0 saturated carbocycles. The van der Waals surface area contributed by atoms with Gasteiger partial charge in [0.25, 0.3) is 5.91 Å². The van der Waals surface area contributed by atoms with Crippen molar-refractivity contribution in [1.29, 1.82) is 0 Å². The summed E-state index contributed by atoms with van der Waals surface area (Å²) in [5.74, 6) is 0.569. The second-order valence-corrected chi connectivity index (χ2v) is 8.62. The van der Waals surface area contributed by atoms with Gasteiger partial charge in [-0.25, -0.2) is 9.97 Å². The first-order valence-corrected chi connectivity index (χ1v) is 11.5. The van der Waals surface area contributed by atoms with Crippen LogP contribution in [0.3, 0.4) is 0 Å². The predicted octanol–water partition coefficient (Wildman–Crippen LogP) is 4.78. The van der Waals surface area contributed by atoms with E-state index in [1.165, 1.54) is 16.8 Å². The van der Waals surface area contributed by atoms with Gasteiger partial charge in [0, 0.05) is 61.6 Å². The number of carbonyl (C=O) groups is 1. The van der Waals surface area contributed by atoms with Gasteiger partial charge < -0.3 is 9.80 Å². The van der Waals surface area contributed by atoms with Crippen molar-refractivity contribution in [3.63, 3.8) is 0 Å². The fourth-order valence-electron chi connectivity index (χ4n) is 4.35. The molecule has 1 aliphatic heterocycles. The first-order chi connectivity index (χ1) is 16.6. The van der Waals surface area contributed by atoms with E-state index in [-0.39, 0.29) is 5.91 Å². The second-order valence-electron chi connectivity index (χ2n) is 8.62. The summed E-state index contributed by atoms with van der Waals surface area (Å²) in [5.41, 5.74) is 6.60. The van der Waals surface area contributed by atoms with Gasteiger partial charge in [-0.3, -0.25) is 9.78 Å². The minimum absolute atomic E-state index is 0.0355. The number of nitrogens with zero attached hydrogens (tertiary/aromatic N) is 5. The molecule has 2 aromatic heterocycles. The number of piperazine rings is 1. The van der Waals surface area contributed by atoms with Crippen molar-refractivity contribution in [2.24, 2.45) is 0 Å². The summed E-state index contributed by atoms with van der Waals surface area (Å²) < 4.78 is 0. The van der Waals surface area contributed by atoms with E-state index in [2.05, 4.69) is 46.1 Å². The second kappa shape index (κ2) is 9.43. The molecule has 0 atom stereocenters. The molecule has 6 heteroatoms. The van der Waals surface area contributed by atoms with Gasteiger partial charge in [-0.15, -0.1) is 0 Å². The smallest absolute Gasteiger partial charge is 0.257 e. The van der Waals surface area contributed by atoms with Crippen molar-refractivity contribution >= 4 is 11.6 Å². The zero-order chi connectivity index (χ0) is 23.5. The monoisotopic (exact) mass is 449 g/mol. The normalized spacial score (nSPS) is 13.7. The minimum Gasteiger partial charge on any atom is -0.368 e. The van der Waals surface area contributed by atoms with E-state index in [9.17, 15) is 4.79 Å². The predicted molar refractivity (Wildman–Crippen MR) is 135 cm³/mol. The average molecular weight is 450 g/mol. The standard InChI is InChI=1S/C28H27N5O/c1-20-7-9-23(10-8-20)27-30-19-24(26(31-27)22-11-13-29-14-12-22)28(34)33-17-15-32(16-18-33)25-6-4-3-5-21(25)2/h3-14,19H,15-18H2,1-2H3. The Morgan fingerprint density at radius 1 is 0.824 bits per heavy atom. The van der Waals surface area contributed by atoms with E-state index >= 15 is 0 Å². The summed E-state index contributed by atoms with van der Waals surface area (Å²) in [6, 6.07) is 20.2. The van der Waals surface area contributed by atoms with Crippen molar-refractivity contribution in [3.8, 4) is 22.6 Å². The molecule has 5 rings (SSSR count). The van der Waals surface area contributed by atoms with Crippen molar-refractivity contribution < 1.29 is 4.79 Å². The van der Waals surface area contributed by atoms with E-state index < -0.39 is 0 Å². The maximum atomic E-state index is 13.6. The van der Waals surface area contributed by atoms with Gasteiger partial charge in [0.15, 0.2) is 5.82 Å². The maximum Gasteiger partial charge on any atom is 0.257 e. The van der Waals surface area contributed by atoms with Gasteiger partial charge in [0.05, 0.1) is 11.3 Å². The molecule has 0 aliphatic carbocycles. The summed E-state index contributed by atoms with van der Waals surface area (Å²) >= 11 is 0. The molecule has 3 heterocycles. The molecule has 6 nitrogen and oxygen atoms in total.